The van der Waals surface area contributed by atoms with E-state index in [1.54, 1.807) is 6.07 Å². The molecule has 6 nitrogen and oxygen atoms in total. The fourth-order valence-corrected chi connectivity index (χ4v) is 3.48. The van der Waals surface area contributed by atoms with Gasteiger partial charge in [-0.3, -0.25) is 4.90 Å². The van der Waals surface area contributed by atoms with Crippen LogP contribution in [0.25, 0.3) is 0 Å². The van der Waals surface area contributed by atoms with E-state index in [1.807, 2.05) is 29.2 Å². The van der Waals surface area contributed by atoms with Crippen molar-refractivity contribution in [2.75, 3.05) is 38.3 Å². The molecule has 0 saturated carbocycles. The van der Waals surface area contributed by atoms with Gasteiger partial charge in [0.2, 0.25) is 6.79 Å². The van der Waals surface area contributed by atoms with Gasteiger partial charge in [0.05, 0.1) is 0 Å². The van der Waals surface area contributed by atoms with Crippen LogP contribution in [0.3, 0.4) is 0 Å². The molecule has 2 aliphatic heterocycles. The second-order valence-corrected chi connectivity index (χ2v) is 7.18. The van der Waals surface area contributed by atoms with Crippen LogP contribution in [0.2, 0.25) is 5.02 Å². The Morgan fingerprint density at radius 3 is 2.67 bits per heavy atom. The second kappa shape index (κ2) is 8.06. The molecule has 0 radical (unpaired) electrons. The number of anilines is 1. The Kier molecular flexibility index (Phi) is 5.36. The number of ether oxygens (including phenoxy) is 2. The standard InChI is InChI=1S/C20H22ClN3O3/c21-16-4-2-15(3-5-16)13-23-8-1-9-24(11-10-23)20(25)22-17-6-7-18-19(12-17)27-14-26-18/h2-7,12H,1,8-11,13-14H2,(H,22,25). The van der Waals surface area contributed by atoms with E-state index in [1.165, 1.54) is 5.56 Å². The Bertz CT molecular complexity index is 813. The van der Waals surface area contributed by atoms with Crippen LogP contribution in [0.15, 0.2) is 42.5 Å². The van der Waals surface area contributed by atoms with Gasteiger partial charge in [0.15, 0.2) is 11.5 Å². The summed E-state index contributed by atoms with van der Waals surface area (Å²) >= 11 is 5.95. The van der Waals surface area contributed by atoms with E-state index in [2.05, 4.69) is 22.3 Å². The largest absolute Gasteiger partial charge is 0.454 e. The number of carbonyl (C=O) groups excluding carboxylic acids is 1. The van der Waals surface area contributed by atoms with Gasteiger partial charge in [-0.2, -0.15) is 0 Å². The summed E-state index contributed by atoms with van der Waals surface area (Å²) in [6.07, 6.45) is 0.947. The van der Waals surface area contributed by atoms with E-state index in [9.17, 15) is 4.79 Å². The third-order valence-corrected chi connectivity index (χ3v) is 5.07. The Morgan fingerprint density at radius 1 is 1.00 bits per heavy atom. The highest BCUT2D eigenvalue weighted by Crippen LogP contribution is 2.34. The predicted octanol–water partition coefficient (Wildman–Crippen LogP) is 3.81. The molecule has 2 aromatic rings. The van der Waals surface area contributed by atoms with Gasteiger partial charge in [-0.25, -0.2) is 4.79 Å². The second-order valence-electron chi connectivity index (χ2n) is 6.74. The lowest BCUT2D eigenvalue weighted by atomic mass is 10.2. The summed E-state index contributed by atoms with van der Waals surface area (Å²) < 4.78 is 10.7. The van der Waals surface area contributed by atoms with Gasteiger partial charge >= 0.3 is 6.03 Å². The van der Waals surface area contributed by atoms with Crippen LogP contribution in [0.5, 0.6) is 11.5 Å². The first-order valence-electron chi connectivity index (χ1n) is 9.10. The number of fused-ring (bicyclic) bond motifs is 1. The van der Waals surface area contributed by atoms with E-state index in [4.69, 9.17) is 21.1 Å². The Hall–Kier alpha value is -2.44. The minimum absolute atomic E-state index is 0.0813. The van der Waals surface area contributed by atoms with E-state index in [-0.39, 0.29) is 12.8 Å². The summed E-state index contributed by atoms with van der Waals surface area (Å²) in [7, 11) is 0. The van der Waals surface area contributed by atoms with E-state index in [0.717, 1.165) is 37.6 Å². The van der Waals surface area contributed by atoms with Gasteiger partial charge in [0.25, 0.3) is 0 Å². The zero-order valence-electron chi connectivity index (χ0n) is 15.0. The number of rotatable bonds is 3. The van der Waals surface area contributed by atoms with E-state index < -0.39 is 0 Å². The molecular weight excluding hydrogens is 366 g/mol. The zero-order valence-corrected chi connectivity index (χ0v) is 15.7. The molecular formula is C20H22ClN3O3. The molecule has 7 heteroatoms. The van der Waals surface area contributed by atoms with Crippen LogP contribution in [-0.2, 0) is 6.54 Å². The number of hydrogen-bond donors (Lipinski definition) is 1. The van der Waals surface area contributed by atoms with Crippen molar-refractivity contribution in [3.05, 3.63) is 53.1 Å². The highest BCUT2D eigenvalue weighted by atomic mass is 35.5. The summed E-state index contributed by atoms with van der Waals surface area (Å²) in [4.78, 5) is 16.9. The molecule has 142 valence electrons. The van der Waals surface area contributed by atoms with Crippen LogP contribution >= 0.6 is 11.6 Å². The first-order chi connectivity index (χ1) is 13.2. The zero-order chi connectivity index (χ0) is 18.6. The van der Waals surface area contributed by atoms with Crippen molar-refractivity contribution in [1.82, 2.24) is 9.80 Å². The summed E-state index contributed by atoms with van der Waals surface area (Å²) in [5, 5.41) is 3.71. The Balaban J connectivity index is 1.32. The van der Waals surface area contributed by atoms with Crippen LogP contribution in [0, 0.1) is 0 Å². The smallest absolute Gasteiger partial charge is 0.321 e. The van der Waals surface area contributed by atoms with Crippen molar-refractivity contribution in [2.45, 2.75) is 13.0 Å². The molecule has 4 rings (SSSR count). The number of urea groups is 1. The Morgan fingerprint density at radius 2 is 1.81 bits per heavy atom. The van der Waals surface area contributed by atoms with Gasteiger partial charge < -0.3 is 19.7 Å². The lowest BCUT2D eigenvalue weighted by Crippen LogP contribution is -2.38. The molecule has 2 heterocycles. The van der Waals surface area contributed by atoms with Gasteiger partial charge in [-0.15, -0.1) is 0 Å². The van der Waals surface area contributed by atoms with Crippen molar-refractivity contribution in [3.8, 4) is 11.5 Å². The summed E-state index contributed by atoms with van der Waals surface area (Å²) in [5.74, 6) is 1.37. The molecule has 0 aromatic heterocycles. The van der Waals surface area contributed by atoms with Crippen molar-refractivity contribution >= 4 is 23.3 Å². The minimum Gasteiger partial charge on any atom is -0.454 e. The van der Waals surface area contributed by atoms with Crippen LogP contribution in [-0.4, -0.2) is 48.8 Å². The average molecular weight is 388 g/mol. The van der Waals surface area contributed by atoms with E-state index in [0.29, 0.717) is 23.7 Å². The number of hydrogen-bond acceptors (Lipinski definition) is 4. The molecule has 0 bridgehead atoms. The third kappa shape index (κ3) is 4.46. The maximum absolute atomic E-state index is 12.6. The highest BCUT2D eigenvalue weighted by molar-refractivity contribution is 6.30. The molecule has 2 aromatic carbocycles. The van der Waals surface area contributed by atoms with Gasteiger partial charge in [-0.05, 0) is 36.2 Å². The monoisotopic (exact) mass is 387 g/mol. The van der Waals surface area contributed by atoms with Crippen molar-refractivity contribution in [1.29, 1.82) is 0 Å². The molecule has 0 atom stereocenters. The summed E-state index contributed by atoms with van der Waals surface area (Å²) in [6, 6.07) is 13.3. The van der Waals surface area contributed by atoms with Gasteiger partial charge in [0.1, 0.15) is 0 Å². The number of nitrogens with zero attached hydrogens (tertiary/aromatic N) is 2. The molecule has 1 N–H and O–H groups in total. The topological polar surface area (TPSA) is 54.0 Å². The quantitative estimate of drug-likeness (QED) is 0.870. The molecule has 2 amide bonds. The number of benzene rings is 2. The summed E-state index contributed by atoms with van der Waals surface area (Å²) in [6.45, 7) is 4.35. The number of amides is 2. The number of carbonyl (C=O) groups is 1. The first kappa shape index (κ1) is 17.9. The lowest BCUT2D eigenvalue weighted by molar-refractivity contribution is 0.174. The fourth-order valence-electron chi connectivity index (χ4n) is 3.36. The lowest BCUT2D eigenvalue weighted by Gasteiger charge is -2.22. The normalized spacial score (nSPS) is 16.9. The third-order valence-electron chi connectivity index (χ3n) is 4.82. The van der Waals surface area contributed by atoms with Crippen molar-refractivity contribution in [2.24, 2.45) is 0 Å². The molecule has 1 saturated heterocycles. The van der Waals surface area contributed by atoms with Crippen LogP contribution < -0.4 is 14.8 Å². The van der Waals surface area contributed by atoms with E-state index >= 15 is 0 Å². The molecule has 0 aliphatic carbocycles. The van der Waals surface area contributed by atoms with Crippen LogP contribution in [0.1, 0.15) is 12.0 Å². The maximum atomic E-state index is 12.6. The molecule has 1 fully saturated rings. The Labute approximate surface area is 163 Å². The highest BCUT2D eigenvalue weighted by Gasteiger charge is 2.20. The number of halogens is 1. The SMILES string of the molecule is O=C(Nc1ccc2c(c1)OCO2)N1CCCN(Cc2ccc(Cl)cc2)CC1. The summed E-state index contributed by atoms with van der Waals surface area (Å²) in [5.41, 5.74) is 1.95. The minimum atomic E-state index is -0.0813. The van der Waals surface area contributed by atoms with Crippen molar-refractivity contribution in [3.63, 3.8) is 0 Å². The van der Waals surface area contributed by atoms with Gasteiger partial charge in [-0.1, -0.05) is 23.7 Å². The molecule has 27 heavy (non-hydrogen) atoms. The molecule has 0 spiro atoms. The average Bonchev–Trinajstić information content (AvgIpc) is 3.01. The predicted molar refractivity (Wildman–Crippen MR) is 105 cm³/mol. The maximum Gasteiger partial charge on any atom is 0.321 e. The molecule has 0 unspecified atom stereocenters. The number of nitrogens with one attached hydrogen (secondary N) is 1. The molecule has 2 aliphatic rings. The fraction of sp³-hybridized carbons (Fsp3) is 0.350. The first-order valence-corrected chi connectivity index (χ1v) is 9.47. The van der Waals surface area contributed by atoms with Crippen molar-refractivity contribution < 1.29 is 14.3 Å². The van der Waals surface area contributed by atoms with Crippen LogP contribution in [0.4, 0.5) is 10.5 Å². The van der Waals surface area contributed by atoms with Gasteiger partial charge in [0, 0.05) is 49.5 Å².